The van der Waals surface area contributed by atoms with E-state index in [1.165, 1.54) is 0 Å². The molecule has 0 spiro atoms. The predicted octanol–water partition coefficient (Wildman–Crippen LogP) is 3.33. The summed E-state index contributed by atoms with van der Waals surface area (Å²) in [4.78, 5) is 24.2. The van der Waals surface area contributed by atoms with E-state index in [1.54, 1.807) is 6.08 Å². The summed E-state index contributed by atoms with van der Waals surface area (Å²) in [5.74, 6) is -1.77. The molecule has 2 aromatic rings. The summed E-state index contributed by atoms with van der Waals surface area (Å²) in [5, 5.41) is 12.0. The molecule has 0 saturated carbocycles. The van der Waals surface area contributed by atoms with Crippen LogP contribution in [0.4, 0.5) is 0 Å². The number of hydrogen-bond acceptors (Lipinski definition) is 2. The molecule has 2 N–H and O–H groups in total. The highest BCUT2D eigenvalue weighted by atomic mass is 16.4. The Morgan fingerprint density at radius 2 is 1.62 bits per heavy atom. The number of nitrogens with one attached hydrogen (secondary N) is 1. The Bertz CT molecular complexity index is 751. The van der Waals surface area contributed by atoms with E-state index >= 15 is 0 Å². The fraction of sp³-hybridized carbons (Fsp3) is 0.200. The summed E-state index contributed by atoms with van der Waals surface area (Å²) < 4.78 is 0. The lowest BCUT2D eigenvalue weighted by atomic mass is 9.95. The first-order chi connectivity index (χ1) is 11.6. The summed E-state index contributed by atoms with van der Waals surface area (Å²) in [6.07, 6.45) is 2.53. The van der Waals surface area contributed by atoms with Crippen molar-refractivity contribution in [2.75, 3.05) is 0 Å². The average molecular weight is 321 g/mol. The van der Waals surface area contributed by atoms with Gasteiger partial charge in [-0.1, -0.05) is 54.6 Å². The van der Waals surface area contributed by atoms with Crippen molar-refractivity contribution >= 4 is 11.9 Å². The predicted molar refractivity (Wildman–Crippen MR) is 92.7 cm³/mol. The molecule has 0 saturated heterocycles. The number of benzene rings is 2. The lowest BCUT2D eigenvalue weighted by Gasteiger charge is -2.18. The Labute approximate surface area is 140 Å². The number of allylic oxidation sites excluding steroid dienone is 1. The van der Waals surface area contributed by atoms with Crippen molar-refractivity contribution in [2.45, 2.75) is 24.8 Å². The molecule has 1 amide bonds. The van der Waals surface area contributed by atoms with E-state index in [0.717, 1.165) is 22.3 Å². The van der Waals surface area contributed by atoms with E-state index in [4.69, 9.17) is 0 Å². The number of aliphatic carboxylic acids is 1. The van der Waals surface area contributed by atoms with Crippen molar-refractivity contribution < 1.29 is 14.7 Å². The Balaban J connectivity index is 1.92. The molecule has 4 heteroatoms. The number of carbonyl (C=O) groups excluding carboxylic acids is 1. The number of carbonyl (C=O) groups is 2. The van der Waals surface area contributed by atoms with Crippen LogP contribution < -0.4 is 5.32 Å². The van der Waals surface area contributed by atoms with Crippen LogP contribution in [0.25, 0.3) is 11.1 Å². The zero-order valence-electron chi connectivity index (χ0n) is 13.2. The van der Waals surface area contributed by atoms with Crippen LogP contribution in [0.2, 0.25) is 0 Å². The molecule has 4 nitrogen and oxygen atoms in total. The molecule has 0 aliphatic heterocycles. The number of amides is 1. The Morgan fingerprint density at radius 3 is 2.12 bits per heavy atom. The van der Waals surface area contributed by atoms with E-state index in [2.05, 4.69) is 11.9 Å². The van der Waals surface area contributed by atoms with E-state index in [1.807, 2.05) is 48.5 Å². The van der Waals surface area contributed by atoms with Crippen molar-refractivity contribution in [1.29, 1.82) is 0 Å². The van der Waals surface area contributed by atoms with Crippen LogP contribution in [-0.2, 0) is 9.59 Å². The summed E-state index contributed by atoms with van der Waals surface area (Å²) in [6.45, 7) is 3.60. The third-order valence-corrected chi connectivity index (χ3v) is 4.37. The smallest absolute Gasteiger partial charge is 0.326 e. The molecular formula is C20H19NO3. The van der Waals surface area contributed by atoms with Gasteiger partial charge in [-0.05, 0) is 35.1 Å². The molecule has 0 radical (unpaired) electrons. The summed E-state index contributed by atoms with van der Waals surface area (Å²) in [7, 11) is 0. The summed E-state index contributed by atoms with van der Waals surface area (Å²) in [5.41, 5.74) is 3.91. The van der Waals surface area contributed by atoms with Gasteiger partial charge in [0, 0.05) is 0 Å². The lowest BCUT2D eigenvalue weighted by Crippen LogP contribution is -2.42. The molecule has 2 aromatic carbocycles. The fourth-order valence-corrected chi connectivity index (χ4v) is 3.23. The maximum atomic E-state index is 12.8. The van der Waals surface area contributed by atoms with Gasteiger partial charge in [0.25, 0.3) is 0 Å². The normalized spacial score (nSPS) is 13.7. The second-order valence-electron chi connectivity index (χ2n) is 5.87. The number of carboxylic acid groups (broad SMARTS) is 1. The summed E-state index contributed by atoms with van der Waals surface area (Å²) >= 11 is 0. The van der Waals surface area contributed by atoms with Crippen molar-refractivity contribution in [3.05, 3.63) is 72.3 Å². The third-order valence-electron chi connectivity index (χ3n) is 4.37. The first-order valence-corrected chi connectivity index (χ1v) is 7.95. The van der Waals surface area contributed by atoms with Crippen LogP contribution in [0.3, 0.4) is 0 Å². The molecule has 1 aliphatic carbocycles. The number of carboxylic acids is 1. The highest BCUT2D eigenvalue weighted by Crippen LogP contribution is 2.44. The molecule has 122 valence electrons. The standard InChI is InChI=1S/C20H19NO3/c1-2-3-12-17(20(23)24)21-19(22)18-15-10-6-4-8-13(15)14-9-5-7-11-16(14)18/h2,4-11,17-18H,1,3,12H2,(H,21,22)(H,23,24)/t17-/m1/s1. The van der Waals surface area contributed by atoms with Crippen LogP contribution in [0.15, 0.2) is 61.2 Å². The largest absolute Gasteiger partial charge is 0.480 e. The number of hydrogen-bond donors (Lipinski definition) is 2. The monoisotopic (exact) mass is 321 g/mol. The van der Waals surface area contributed by atoms with Crippen molar-refractivity contribution in [3.63, 3.8) is 0 Å². The quantitative estimate of drug-likeness (QED) is 0.802. The van der Waals surface area contributed by atoms with Gasteiger partial charge < -0.3 is 10.4 Å². The second kappa shape index (κ2) is 6.71. The Morgan fingerprint density at radius 1 is 1.08 bits per heavy atom. The zero-order chi connectivity index (χ0) is 17.1. The van der Waals surface area contributed by atoms with Crippen LogP contribution in [0, 0.1) is 0 Å². The highest BCUT2D eigenvalue weighted by molar-refractivity contribution is 5.97. The van der Waals surface area contributed by atoms with E-state index in [0.29, 0.717) is 12.8 Å². The zero-order valence-corrected chi connectivity index (χ0v) is 13.2. The average Bonchev–Trinajstić information content (AvgIpc) is 2.93. The van der Waals surface area contributed by atoms with Gasteiger partial charge in [0.1, 0.15) is 6.04 Å². The highest BCUT2D eigenvalue weighted by Gasteiger charge is 2.34. The third kappa shape index (κ3) is 2.83. The van der Waals surface area contributed by atoms with Gasteiger partial charge >= 0.3 is 5.97 Å². The van der Waals surface area contributed by atoms with Crippen molar-refractivity contribution in [3.8, 4) is 11.1 Å². The minimum absolute atomic E-state index is 0.274. The van der Waals surface area contributed by atoms with E-state index in [9.17, 15) is 14.7 Å². The molecule has 0 heterocycles. The Hall–Kier alpha value is -2.88. The molecule has 0 aromatic heterocycles. The minimum Gasteiger partial charge on any atom is -0.480 e. The van der Waals surface area contributed by atoms with E-state index < -0.39 is 17.9 Å². The SMILES string of the molecule is C=CCC[C@@H](NC(=O)C1c2ccccc2-c2ccccc21)C(=O)O. The number of rotatable bonds is 6. The van der Waals surface area contributed by atoms with Crippen LogP contribution in [0.5, 0.6) is 0 Å². The maximum Gasteiger partial charge on any atom is 0.326 e. The maximum absolute atomic E-state index is 12.8. The van der Waals surface area contributed by atoms with Crippen LogP contribution in [0.1, 0.15) is 29.9 Å². The molecule has 3 rings (SSSR count). The molecule has 0 bridgehead atoms. The molecule has 0 fully saturated rings. The minimum atomic E-state index is -1.02. The molecule has 1 atom stereocenters. The van der Waals surface area contributed by atoms with Gasteiger partial charge in [0.2, 0.25) is 5.91 Å². The van der Waals surface area contributed by atoms with Gasteiger partial charge in [-0.2, -0.15) is 0 Å². The van der Waals surface area contributed by atoms with Crippen LogP contribution >= 0.6 is 0 Å². The van der Waals surface area contributed by atoms with Crippen molar-refractivity contribution in [2.24, 2.45) is 0 Å². The fourth-order valence-electron chi connectivity index (χ4n) is 3.23. The molecular weight excluding hydrogens is 302 g/mol. The number of fused-ring (bicyclic) bond motifs is 3. The lowest BCUT2D eigenvalue weighted by molar-refractivity contribution is -0.142. The molecule has 24 heavy (non-hydrogen) atoms. The van der Waals surface area contributed by atoms with Gasteiger partial charge in [0.05, 0.1) is 5.92 Å². The first kappa shape index (κ1) is 16.0. The molecule has 1 aliphatic rings. The van der Waals surface area contributed by atoms with Gasteiger partial charge in [-0.25, -0.2) is 4.79 Å². The van der Waals surface area contributed by atoms with Gasteiger partial charge in [0.15, 0.2) is 0 Å². The topological polar surface area (TPSA) is 66.4 Å². The van der Waals surface area contributed by atoms with E-state index in [-0.39, 0.29) is 5.91 Å². The Kier molecular flexibility index (Phi) is 4.47. The van der Waals surface area contributed by atoms with Gasteiger partial charge in [-0.3, -0.25) is 4.79 Å². The van der Waals surface area contributed by atoms with Crippen molar-refractivity contribution in [1.82, 2.24) is 5.32 Å². The van der Waals surface area contributed by atoms with Gasteiger partial charge in [-0.15, -0.1) is 6.58 Å². The second-order valence-corrected chi connectivity index (χ2v) is 5.87. The van der Waals surface area contributed by atoms with Crippen LogP contribution in [-0.4, -0.2) is 23.0 Å². The first-order valence-electron chi connectivity index (χ1n) is 7.95. The molecule has 0 unspecified atom stereocenters. The summed E-state index contributed by atoms with van der Waals surface area (Å²) in [6, 6.07) is 14.6.